The molecule has 0 unspecified atom stereocenters. The van der Waals surface area contributed by atoms with Crippen molar-refractivity contribution in [3.63, 3.8) is 0 Å². The summed E-state index contributed by atoms with van der Waals surface area (Å²) < 4.78 is 0. The number of halogens is 1. The minimum absolute atomic E-state index is 0. The number of carbonyl (C=O) groups excluding carboxylic acids is 2. The number of carbonyl (C=O) groups is 2. The van der Waals surface area contributed by atoms with Crippen LogP contribution in [0.5, 0.6) is 0 Å². The maximum absolute atomic E-state index is 12.0. The molecule has 4 N–H and O–H groups in total. The molecule has 0 saturated heterocycles. The fourth-order valence-corrected chi connectivity index (χ4v) is 3.17. The van der Waals surface area contributed by atoms with E-state index in [2.05, 4.69) is 10.6 Å². The topological polar surface area (TPSA) is 84.2 Å². The molecule has 0 saturated carbocycles. The summed E-state index contributed by atoms with van der Waals surface area (Å²) in [5.74, 6) is -0.524. The summed E-state index contributed by atoms with van der Waals surface area (Å²) in [6.07, 6.45) is 0. The minimum atomic E-state index is -0.606. The lowest BCUT2D eigenvalue weighted by Crippen LogP contribution is -2.47. The van der Waals surface area contributed by atoms with Crippen molar-refractivity contribution in [1.82, 2.24) is 10.6 Å². The number of nitrogens with one attached hydrogen (secondary N) is 2. The van der Waals surface area contributed by atoms with Gasteiger partial charge in [0.05, 0.1) is 12.6 Å². The Bertz CT molecular complexity index is 741. The van der Waals surface area contributed by atoms with E-state index in [1.165, 1.54) is 0 Å². The SMILES string of the molecule is CC(C)[C@H](N)C(=O)NCC(=O)NCc1ccccc1Sc1ccccc1.Cl. The van der Waals surface area contributed by atoms with Crippen molar-refractivity contribution < 1.29 is 9.59 Å². The smallest absolute Gasteiger partial charge is 0.239 e. The molecule has 0 radical (unpaired) electrons. The van der Waals surface area contributed by atoms with Gasteiger partial charge in [0.25, 0.3) is 0 Å². The van der Waals surface area contributed by atoms with Gasteiger partial charge in [0, 0.05) is 16.3 Å². The zero-order valence-electron chi connectivity index (χ0n) is 15.5. The summed E-state index contributed by atoms with van der Waals surface area (Å²) in [7, 11) is 0. The van der Waals surface area contributed by atoms with E-state index in [-0.39, 0.29) is 36.7 Å². The molecule has 0 spiro atoms. The van der Waals surface area contributed by atoms with Gasteiger partial charge >= 0.3 is 0 Å². The summed E-state index contributed by atoms with van der Waals surface area (Å²) in [5, 5.41) is 5.41. The molecule has 2 amide bonds. The third-order valence-corrected chi connectivity index (χ3v) is 4.99. The average molecular weight is 408 g/mol. The predicted octanol–water partition coefficient (Wildman–Crippen LogP) is 2.98. The van der Waals surface area contributed by atoms with Crippen LogP contribution >= 0.6 is 24.2 Å². The van der Waals surface area contributed by atoms with Crippen molar-refractivity contribution in [2.45, 2.75) is 36.2 Å². The second-order valence-corrected chi connectivity index (χ2v) is 7.40. The highest BCUT2D eigenvalue weighted by atomic mass is 35.5. The number of nitrogens with two attached hydrogens (primary N) is 1. The first kappa shape index (κ1) is 23.0. The Labute approximate surface area is 170 Å². The van der Waals surface area contributed by atoms with E-state index in [1.807, 2.05) is 68.4 Å². The van der Waals surface area contributed by atoms with Crippen molar-refractivity contribution in [2.75, 3.05) is 6.54 Å². The Morgan fingerprint density at radius 1 is 1.00 bits per heavy atom. The molecule has 7 heteroatoms. The molecule has 2 aromatic rings. The molecule has 5 nitrogen and oxygen atoms in total. The molecule has 0 aliphatic heterocycles. The van der Waals surface area contributed by atoms with Crippen LogP contribution in [0.25, 0.3) is 0 Å². The fourth-order valence-electron chi connectivity index (χ4n) is 2.21. The van der Waals surface area contributed by atoms with E-state index in [9.17, 15) is 9.59 Å². The molecule has 0 aromatic heterocycles. The van der Waals surface area contributed by atoms with Crippen LogP contribution in [0.1, 0.15) is 19.4 Å². The number of amides is 2. The summed E-state index contributed by atoms with van der Waals surface area (Å²) in [6.45, 7) is 4.06. The standard InChI is InChI=1S/C20H25N3O2S.ClH/c1-14(2)19(21)20(25)23-13-18(24)22-12-15-8-6-7-11-17(15)26-16-9-4-3-5-10-16;/h3-11,14,19H,12-13,21H2,1-2H3,(H,22,24)(H,23,25);1H/t19-;/m0./s1. The Morgan fingerprint density at radius 2 is 1.63 bits per heavy atom. The fraction of sp³-hybridized carbons (Fsp3) is 0.300. The third kappa shape index (κ3) is 7.62. The lowest BCUT2D eigenvalue weighted by Gasteiger charge is -2.15. The van der Waals surface area contributed by atoms with Gasteiger partial charge in [-0.3, -0.25) is 9.59 Å². The molecule has 2 rings (SSSR count). The van der Waals surface area contributed by atoms with Crippen molar-refractivity contribution in [2.24, 2.45) is 11.7 Å². The second kappa shape index (κ2) is 11.6. The maximum Gasteiger partial charge on any atom is 0.239 e. The number of hydrogen-bond donors (Lipinski definition) is 3. The van der Waals surface area contributed by atoms with Gasteiger partial charge < -0.3 is 16.4 Å². The highest BCUT2D eigenvalue weighted by Gasteiger charge is 2.17. The Hall–Kier alpha value is -2.02. The van der Waals surface area contributed by atoms with Gasteiger partial charge in [-0.2, -0.15) is 0 Å². The Morgan fingerprint density at radius 3 is 2.30 bits per heavy atom. The van der Waals surface area contributed by atoms with Crippen LogP contribution in [0, 0.1) is 5.92 Å². The van der Waals surface area contributed by atoms with Crippen molar-refractivity contribution in [3.8, 4) is 0 Å². The molecule has 1 atom stereocenters. The number of rotatable bonds is 8. The second-order valence-electron chi connectivity index (χ2n) is 6.29. The molecule has 0 aliphatic rings. The van der Waals surface area contributed by atoms with Crippen LogP contribution < -0.4 is 16.4 Å². The van der Waals surface area contributed by atoms with Crippen LogP contribution in [-0.2, 0) is 16.1 Å². The Balaban J connectivity index is 0.00000364. The van der Waals surface area contributed by atoms with Crippen LogP contribution in [-0.4, -0.2) is 24.4 Å². The van der Waals surface area contributed by atoms with Gasteiger partial charge in [0.1, 0.15) is 0 Å². The van der Waals surface area contributed by atoms with E-state index in [0.717, 1.165) is 15.4 Å². The van der Waals surface area contributed by atoms with Crippen LogP contribution in [0.2, 0.25) is 0 Å². The zero-order chi connectivity index (χ0) is 18.9. The summed E-state index contributed by atoms with van der Waals surface area (Å²) in [6, 6.07) is 17.4. The van der Waals surface area contributed by atoms with Gasteiger partial charge in [-0.1, -0.05) is 62.0 Å². The summed E-state index contributed by atoms with van der Waals surface area (Å²) in [4.78, 5) is 26.0. The van der Waals surface area contributed by atoms with Gasteiger partial charge in [-0.25, -0.2) is 0 Å². The van der Waals surface area contributed by atoms with Gasteiger partial charge in [0.15, 0.2) is 0 Å². The molecular formula is C20H26ClN3O2S. The molecule has 0 heterocycles. The van der Waals surface area contributed by atoms with E-state index in [0.29, 0.717) is 6.54 Å². The molecule has 27 heavy (non-hydrogen) atoms. The van der Waals surface area contributed by atoms with E-state index in [1.54, 1.807) is 11.8 Å². The lowest BCUT2D eigenvalue weighted by atomic mass is 10.1. The van der Waals surface area contributed by atoms with Gasteiger partial charge in [0.2, 0.25) is 11.8 Å². The molecule has 2 aromatic carbocycles. The van der Waals surface area contributed by atoms with E-state index >= 15 is 0 Å². The number of hydrogen-bond acceptors (Lipinski definition) is 4. The van der Waals surface area contributed by atoms with Crippen LogP contribution in [0.15, 0.2) is 64.4 Å². The monoisotopic (exact) mass is 407 g/mol. The van der Waals surface area contributed by atoms with Crippen LogP contribution in [0.3, 0.4) is 0 Å². The first-order valence-corrected chi connectivity index (χ1v) is 9.40. The highest BCUT2D eigenvalue weighted by Crippen LogP contribution is 2.30. The normalized spacial score (nSPS) is 11.4. The van der Waals surface area contributed by atoms with E-state index < -0.39 is 6.04 Å². The van der Waals surface area contributed by atoms with Crippen molar-refractivity contribution >= 4 is 36.0 Å². The highest BCUT2D eigenvalue weighted by molar-refractivity contribution is 7.99. The first-order valence-electron chi connectivity index (χ1n) is 8.58. The lowest BCUT2D eigenvalue weighted by molar-refractivity contribution is -0.127. The average Bonchev–Trinajstić information content (AvgIpc) is 2.65. The predicted molar refractivity (Wildman–Crippen MR) is 112 cm³/mol. The minimum Gasteiger partial charge on any atom is -0.350 e. The zero-order valence-corrected chi connectivity index (χ0v) is 17.1. The van der Waals surface area contributed by atoms with Gasteiger partial charge in [-0.05, 0) is 29.7 Å². The van der Waals surface area contributed by atoms with Crippen LogP contribution in [0.4, 0.5) is 0 Å². The molecule has 146 valence electrons. The molecule has 0 bridgehead atoms. The third-order valence-electron chi connectivity index (χ3n) is 3.86. The van der Waals surface area contributed by atoms with Crippen molar-refractivity contribution in [1.29, 1.82) is 0 Å². The van der Waals surface area contributed by atoms with Crippen molar-refractivity contribution in [3.05, 3.63) is 60.2 Å². The number of benzene rings is 2. The molecule has 0 fully saturated rings. The molecule has 0 aliphatic carbocycles. The summed E-state index contributed by atoms with van der Waals surface area (Å²) in [5.41, 5.74) is 6.79. The van der Waals surface area contributed by atoms with Gasteiger partial charge in [-0.15, -0.1) is 12.4 Å². The maximum atomic E-state index is 12.0. The largest absolute Gasteiger partial charge is 0.350 e. The summed E-state index contributed by atoms with van der Waals surface area (Å²) >= 11 is 1.65. The molecular weight excluding hydrogens is 382 g/mol. The van der Waals surface area contributed by atoms with E-state index in [4.69, 9.17) is 5.73 Å². The Kier molecular flexibility index (Phi) is 9.93. The quantitative estimate of drug-likeness (QED) is 0.628. The first-order chi connectivity index (χ1) is 12.5.